The molecule has 1 heterocycles. The Balaban J connectivity index is 0.000000235. The van der Waals surface area contributed by atoms with Gasteiger partial charge in [-0.3, -0.25) is 49.6 Å². The number of carbonyl (C=O) groups is 7. The normalized spacial score (nSPS) is 17.5. The first-order chi connectivity index (χ1) is 60.0. The number of hydrogen-bond donors (Lipinski definition) is 6. The zero-order valence-electron chi connectivity index (χ0n) is 76.2. The van der Waals surface area contributed by atoms with Crippen molar-refractivity contribution in [3.05, 3.63) is 261 Å². The Morgan fingerprint density at radius 3 is 1.34 bits per heavy atom. The lowest BCUT2D eigenvalue weighted by Gasteiger charge is -2.38. The van der Waals surface area contributed by atoms with E-state index in [9.17, 15) is 33.6 Å². The third-order valence-electron chi connectivity index (χ3n) is 23.8. The number of aldehydes is 1. The number of likely N-dealkylation sites (N-methyl/N-ethyl adjacent to an activating group) is 1. The lowest BCUT2D eigenvalue weighted by Crippen LogP contribution is -2.54. The highest BCUT2D eigenvalue weighted by atomic mass is 35.6. The highest BCUT2D eigenvalue weighted by Crippen LogP contribution is 2.42. The van der Waals surface area contributed by atoms with E-state index in [0.717, 1.165) is 108 Å². The Morgan fingerprint density at radius 2 is 0.936 bits per heavy atom. The summed E-state index contributed by atoms with van der Waals surface area (Å²) in [6, 6.07) is 44.4. The standard InChI is InChI=1S/C28H36N2O3.C19H28N2O2.C16H22N2O2.C13H18ClNOSi.C9H9ClO.C9H12N2O2.C7H12O/c1-6-11-25(22-12-8-7-9-13-22)30(28(32)23-17-19(2)16-20(3)18-23)29-27(31)24-14-10-15-26(33-5)21(24)4;1-4-9-17(15-10-6-5-7-11-15)20-21-19(22)16-12-8-13-18(23-3)14(16)2;1-12-14(9-6-10-15(12)20-2)16(19)18-17-11-13-7-4-3-5-8-13;1-4-10-17(14)15(3)11(2)13(16-17)12-8-6-5-7-9-12;1-6-3-7(2)5-8(4-6)9(10)11;1-6-7(9(12)11-10)4-3-5-8(6)13-2;8-6-7-4-2-1-3-5-7/h6,10,14-18,22,25H,1,7-9,11-13H2,2-5H3,(H,29,31);4,8,12-13,15,17,20H,1,5-7,9-11H2,2-3H3,(H,21,22);6,9-11,13H,3-5,7-8H2,1-2H3,(H,18,19);4-9,11,13H,1,10H2,2-3H3;3-5H,1-2H3;3-5H,10H2,1-2H3,(H,11,12);6-7H,1-5H2/t25-;17-;;11-,13+,17?;;;/m11.0.../s1. The van der Waals surface area contributed by atoms with Gasteiger partial charge in [0.1, 0.15) is 29.3 Å². The molecule has 5 aliphatic rings. The summed E-state index contributed by atoms with van der Waals surface area (Å²) in [6.07, 6.45) is 34.5. The Morgan fingerprint density at radius 1 is 0.528 bits per heavy atom. The maximum atomic E-state index is 13.8. The van der Waals surface area contributed by atoms with Gasteiger partial charge in [-0.05, 0) is 241 Å². The fraction of sp³-hybridized carbons (Fsp3) is 0.446. The molecule has 5 atom stereocenters. The first kappa shape index (κ1) is 104. The van der Waals surface area contributed by atoms with Gasteiger partial charge in [0.15, 0.2) is 0 Å². The lowest BCUT2D eigenvalue weighted by molar-refractivity contribution is -0.111. The van der Waals surface area contributed by atoms with Crippen molar-refractivity contribution in [2.24, 2.45) is 34.6 Å². The fourth-order valence-corrected chi connectivity index (χ4v) is 20.3. The number of ether oxygens (including phenoxy) is 4. The summed E-state index contributed by atoms with van der Waals surface area (Å²) in [5.41, 5.74) is 25.8. The monoisotopic (exact) mass is 1770 g/mol. The summed E-state index contributed by atoms with van der Waals surface area (Å²) in [6.45, 7) is 29.0. The number of halogens is 2. The van der Waals surface area contributed by atoms with E-state index < -0.39 is 13.0 Å². The molecule has 0 radical (unpaired) electrons. The zero-order chi connectivity index (χ0) is 91.5. The van der Waals surface area contributed by atoms with Gasteiger partial charge in [-0.1, -0.05) is 184 Å². The summed E-state index contributed by atoms with van der Waals surface area (Å²) in [7, 11) is 6.11. The molecule has 7 aromatic carbocycles. The van der Waals surface area contributed by atoms with Gasteiger partial charge < -0.3 is 28.2 Å². The van der Waals surface area contributed by atoms with Crippen LogP contribution in [-0.4, -0.2) is 118 Å². The average molecular weight is 1770 g/mol. The summed E-state index contributed by atoms with van der Waals surface area (Å²) >= 11 is 11.9. The van der Waals surface area contributed by atoms with E-state index in [4.69, 9.17) is 51.9 Å². The van der Waals surface area contributed by atoms with Crippen LogP contribution in [0.5, 0.6) is 23.0 Å². The molecule has 0 aromatic heterocycles. The Labute approximate surface area is 754 Å². The summed E-state index contributed by atoms with van der Waals surface area (Å²) in [5, 5.41) is 5.29. The minimum absolute atomic E-state index is 0.0744. The van der Waals surface area contributed by atoms with Gasteiger partial charge in [0, 0.05) is 85.9 Å². The van der Waals surface area contributed by atoms with Crippen LogP contribution in [0.15, 0.2) is 183 Å². The number of allylic oxidation sites excluding steroid dienone is 1. The van der Waals surface area contributed by atoms with E-state index >= 15 is 0 Å². The molecule has 5 amide bonds. The number of amides is 5. The number of nitrogen functional groups attached to an aromatic ring is 1. The number of nitrogens with two attached hydrogens (primary N) is 1. The van der Waals surface area contributed by atoms with Crippen LogP contribution in [0.1, 0.15) is 267 Å². The Hall–Kier alpha value is -10.0. The zero-order valence-corrected chi connectivity index (χ0v) is 78.8. The van der Waals surface area contributed by atoms with E-state index in [-0.39, 0.29) is 47.7 Å². The van der Waals surface area contributed by atoms with Gasteiger partial charge in [0.2, 0.25) is 0 Å². The number of hydrogen-bond acceptors (Lipinski definition) is 16. The van der Waals surface area contributed by atoms with Crippen molar-refractivity contribution < 1.29 is 56.9 Å². The quantitative estimate of drug-likeness (QED) is 0.00357. The van der Waals surface area contributed by atoms with E-state index in [1.165, 1.54) is 95.5 Å². The van der Waals surface area contributed by atoms with Crippen molar-refractivity contribution in [3.8, 4) is 23.0 Å². The van der Waals surface area contributed by atoms with Crippen LogP contribution in [0.4, 0.5) is 0 Å². The largest absolute Gasteiger partial charge is 0.496 e. The van der Waals surface area contributed by atoms with Crippen molar-refractivity contribution in [1.82, 2.24) is 36.7 Å². The van der Waals surface area contributed by atoms with Gasteiger partial charge in [-0.15, -0.1) is 30.8 Å². The second kappa shape index (κ2) is 54.8. The number of hydrazone groups is 1. The molecule has 24 heteroatoms. The lowest BCUT2D eigenvalue weighted by atomic mass is 9.82. The molecule has 4 aliphatic carbocycles. The molecule has 0 spiro atoms. The Kier molecular flexibility index (Phi) is 45.4. The first-order valence-electron chi connectivity index (χ1n) is 43.9. The predicted molar refractivity (Wildman–Crippen MR) is 508 cm³/mol. The third-order valence-corrected chi connectivity index (χ3v) is 28.4. The van der Waals surface area contributed by atoms with Crippen LogP contribution in [0, 0.1) is 79.1 Å². The van der Waals surface area contributed by atoms with Crippen LogP contribution in [0.3, 0.4) is 0 Å². The number of carbonyl (C=O) groups excluding carboxylic acids is 7. The predicted octanol–water partition coefficient (Wildman–Crippen LogP) is 21.5. The van der Waals surface area contributed by atoms with E-state index in [0.29, 0.717) is 86.8 Å². The topological polar surface area (TPSA) is 271 Å². The molecular formula is C101H137Cl2N9O12Si. The Bertz CT molecular complexity index is 4620. The van der Waals surface area contributed by atoms with E-state index in [1.54, 1.807) is 82.0 Å². The first-order valence-corrected chi connectivity index (χ1v) is 47.4. The maximum Gasteiger partial charge on any atom is 0.377 e. The van der Waals surface area contributed by atoms with Gasteiger partial charge in [-0.25, -0.2) is 21.7 Å². The summed E-state index contributed by atoms with van der Waals surface area (Å²) < 4.78 is 29.3. The molecule has 21 nitrogen and oxygen atoms in total. The molecule has 1 aliphatic heterocycles. The number of rotatable bonds is 25. The molecule has 1 unspecified atom stereocenters. The van der Waals surface area contributed by atoms with Gasteiger partial charge >= 0.3 is 7.79 Å². The van der Waals surface area contributed by atoms with Crippen LogP contribution in [0.2, 0.25) is 6.04 Å². The van der Waals surface area contributed by atoms with Crippen molar-refractivity contribution in [2.45, 2.75) is 234 Å². The van der Waals surface area contributed by atoms with Crippen molar-refractivity contribution >= 4 is 77.7 Å². The summed E-state index contributed by atoms with van der Waals surface area (Å²) in [5.74, 6) is 8.52. The number of aryl methyl sites for hydroxylation is 4. The van der Waals surface area contributed by atoms with Crippen LogP contribution in [0.25, 0.3) is 0 Å². The average Bonchev–Trinajstić information content (AvgIpc) is 1.59. The van der Waals surface area contributed by atoms with Crippen LogP contribution in [-0.2, 0) is 9.22 Å². The second-order valence-electron chi connectivity index (χ2n) is 32.9. The molecule has 7 aromatic rings. The number of benzene rings is 7. The highest BCUT2D eigenvalue weighted by molar-refractivity contribution is 7.15. The minimum Gasteiger partial charge on any atom is -0.496 e. The van der Waals surface area contributed by atoms with Gasteiger partial charge in [0.05, 0.1) is 40.6 Å². The third kappa shape index (κ3) is 32.4. The fourth-order valence-electron chi connectivity index (χ4n) is 16.8. The number of hydrazine groups is 3. The number of nitrogens with one attached hydrogen (secondary N) is 5. The van der Waals surface area contributed by atoms with E-state index in [2.05, 4.69) is 82.6 Å². The molecular weight excluding hydrogens is 1630 g/mol. The molecule has 0 bridgehead atoms. The molecule has 1 saturated heterocycles. The molecule has 5 fully saturated rings. The molecule has 125 heavy (non-hydrogen) atoms. The number of nitrogens with zero attached hydrogens (tertiary/aromatic N) is 3. The van der Waals surface area contributed by atoms with Crippen LogP contribution >= 0.6 is 22.7 Å². The minimum atomic E-state index is -2.31. The van der Waals surface area contributed by atoms with Crippen molar-refractivity contribution in [3.63, 3.8) is 0 Å². The SMILES string of the molecule is C=CC[C@@H](NNC(=O)c1cccc(OC)c1C)C1CCCCC1.C=CC[C@H](C1CCCCC1)N(NC(=O)c1cccc(OC)c1C)C(=O)c1cc(C)cc(C)c1.C=CC[Si]1(Cl)O[C@@H](c2ccccc2)[C@H](C)N1C.COc1cccc(C(=O)NN)c1C.COc1cccc(C(=O)NN=CC2CCCCC2)c1C.Cc1cc(C)cc(C(=O)Cl)c1.O=CC1CCCCC1. The van der Waals surface area contributed by atoms with Gasteiger partial charge in [0.25, 0.3) is 34.8 Å². The molecule has 676 valence electrons. The maximum absolute atomic E-state index is 13.8. The molecule has 7 N–H and O–H groups in total. The van der Waals surface area contributed by atoms with Crippen molar-refractivity contribution in [2.75, 3.05) is 35.5 Å². The molecule has 4 saturated carbocycles. The van der Waals surface area contributed by atoms with Crippen molar-refractivity contribution in [1.29, 1.82) is 0 Å². The van der Waals surface area contributed by atoms with Gasteiger partial charge in [-0.2, -0.15) is 5.10 Å². The number of methoxy groups -OCH3 is 4. The second-order valence-corrected chi connectivity index (χ2v) is 37.7. The smallest absolute Gasteiger partial charge is 0.377 e. The van der Waals surface area contributed by atoms with E-state index in [1.807, 2.05) is 159 Å². The van der Waals surface area contributed by atoms with Crippen LogP contribution < -0.4 is 51.9 Å². The summed E-state index contributed by atoms with van der Waals surface area (Å²) in [4.78, 5) is 83.9. The molecule has 12 rings (SSSR count). The highest BCUT2D eigenvalue weighted by Gasteiger charge is 2.51.